The van der Waals surface area contributed by atoms with Crippen molar-refractivity contribution < 1.29 is 0 Å². The van der Waals surface area contributed by atoms with Gasteiger partial charge in [0.25, 0.3) is 0 Å². The van der Waals surface area contributed by atoms with Gasteiger partial charge >= 0.3 is 0 Å². The van der Waals surface area contributed by atoms with E-state index in [4.69, 9.17) is 0 Å². The first kappa shape index (κ1) is 16.1. The lowest BCUT2D eigenvalue weighted by Crippen LogP contribution is -2.13. The molecule has 3 rings (SSSR count). The Morgan fingerprint density at radius 3 is 2.52 bits per heavy atom. The van der Waals surface area contributed by atoms with Gasteiger partial charge < -0.3 is 0 Å². The highest BCUT2D eigenvalue weighted by molar-refractivity contribution is 5.37. The van der Waals surface area contributed by atoms with Gasteiger partial charge in [-0.05, 0) is 72.3 Å². The average Bonchev–Trinajstić information content (AvgIpc) is 2.60. The van der Waals surface area contributed by atoms with Crippen molar-refractivity contribution in [1.82, 2.24) is 0 Å². The van der Waals surface area contributed by atoms with E-state index in [1.165, 1.54) is 48.8 Å². The molecule has 0 saturated carbocycles. The number of aryl methyl sites for hydroxylation is 3. The first-order valence-corrected chi connectivity index (χ1v) is 9.10. The van der Waals surface area contributed by atoms with E-state index in [9.17, 15) is 0 Å². The third-order valence-corrected chi connectivity index (χ3v) is 5.13. The lowest BCUT2D eigenvalue weighted by molar-refractivity contribution is 0.584. The van der Waals surface area contributed by atoms with Crippen LogP contribution in [0.5, 0.6) is 0 Å². The van der Waals surface area contributed by atoms with E-state index in [0.717, 1.165) is 12.8 Å². The zero-order valence-electron chi connectivity index (χ0n) is 14.4. The fraction of sp³-hybridized carbons (Fsp3) is 0.391. The van der Waals surface area contributed by atoms with Crippen LogP contribution in [0.15, 0.2) is 55.1 Å². The highest BCUT2D eigenvalue weighted by Gasteiger charge is 2.20. The molecule has 1 aliphatic carbocycles. The summed E-state index contributed by atoms with van der Waals surface area (Å²) in [6, 6.07) is 16.5. The minimum Gasteiger partial charge on any atom is -0.103 e. The van der Waals surface area contributed by atoms with Gasteiger partial charge in [-0.1, -0.05) is 61.9 Å². The third kappa shape index (κ3) is 3.93. The molecule has 0 amide bonds. The van der Waals surface area contributed by atoms with Gasteiger partial charge in [0.2, 0.25) is 0 Å². The van der Waals surface area contributed by atoms with Crippen LogP contribution in [0.4, 0.5) is 0 Å². The van der Waals surface area contributed by atoms with Crippen LogP contribution in [0.1, 0.15) is 59.9 Å². The molecule has 23 heavy (non-hydrogen) atoms. The predicted molar refractivity (Wildman–Crippen MR) is 100 cm³/mol. The van der Waals surface area contributed by atoms with E-state index >= 15 is 0 Å². The van der Waals surface area contributed by atoms with Crippen LogP contribution in [-0.2, 0) is 25.7 Å². The van der Waals surface area contributed by atoms with Gasteiger partial charge in [-0.3, -0.25) is 0 Å². The fourth-order valence-electron chi connectivity index (χ4n) is 3.76. The van der Waals surface area contributed by atoms with Gasteiger partial charge in [0.05, 0.1) is 0 Å². The van der Waals surface area contributed by atoms with E-state index in [1.54, 1.807) is 11.1 Å². The predicted octanol–water partition coefficient (Wildman–Crippen LogP) is 6.03. The summed E-state index contributed by atoms with van der Waals surface area (Å²) in [5, 5.41) is 0. The Bertz CT molecular complexity index is 648. The molecule has 0 N–H and O–H groups in total. The molecular formula is C23H28. The van der Waals surface area contributed by atoms with Gasteiger partial charge in [-0.25, -0.2) is 0 Å². The minimum atomic E-state index is 0.688. The molecule has 0 spiro atoms. The van der Waals surface area contributed by atoms with E-state index in [0.29, 0.717) is 5.92 Å². The first-order valence-electron chi connectivity index (χ1n) is 9.10. The summed E-state index contributed by atoms with van der Waals surface area (Å²) in [5.41, 5.74) is 7.60. The monoisotopic (exact) mass is 304 g/mol. The molecule has 1 aliphatic rings. The molecule has 0 nitrogen and oxygen atoms in total. The number of hydrogen-bond donors (Lipinski definition) is 0. The van der Waals surface area contributed by atoms with Gasteiger partial charge in [0.15, 0.2) is 0 Å². The van der Waals surface area contributed by atoms with Crippen molar-refractivity contribution >= 4 is 0 Å². The van der Waals surface area contributed by atoms with Crippen molar-refractivity contribution in [3.8, 4) is 0 Å². The molecule has 2 aromatic rings. The van der Waals surface area contributed by atoms with Crippen molar-refractivity contribution in [3.05, 3.63) is 82.9 Å². The molecule has 0 fully saturated rings. The second kappa shape index (κ2) is 7.64. The molecule has 1 unspecified atom stereocenters. The quantitative estimate of drug-likeness (QED) is 0.571. The summed E-state index contributed by atoms with van der Waals surface area (Å²) in [6.45, 7) is 6.06. The fourth-order valence-corrected chi connectivity index (χ4v) is 3.76. The maximum Gasteiger partial charge on any atom is -0.0118 e. The molecule has 0 heteroatoms. The van der Waals surface area contributed by atoms with Crippen LogP contribution >= 0.6 is 0 Å². The summed E-state index contributed by atoms with van der Waals surface area (Å²) >= 11 is 0. The van der Waals surface area contributed by atoms with E-state index in [2.05, 4.69) is 56.0 Å². The number of rotatable bonds is 6. The van der Waals surface area contributed by atoms with Crippen LogP contribution in [0.25, 0.3) is 0 Å². The topological polar surface area (TPSA) is 0 Å². The Balaban J connectivity index is 1.70. The van der Waals surface area contributed by atoms with Gasteiger partial charge in [0.1, 0.15) is 0 Å². The van der Waals surface area contributed by atoms with Crippen molar-refractivity contribution in [2.24, 2.45) is 0 Å². The molecule has 0 bridgehead atoms. The zero-order chi connectivity index (χ0) is 16.1. The third-order valence-electron chi connectivity index (χ3n) is 5.13. The van der Waals surface area contributed by atoms with Crippen molar-refractivity contribution in [3.63, 3.8) is 0 Å². The normalized spacial score (nSPS) is 16.8. The maximum atomic E-state index is 3.81. The lowest BCUT2D eigenvalue weighted by Gasteiger charge is -2.25. The summed E-state index contributed by atoms with van der Waals surface area (Å²) in [7, 11) is 0. The van der Waals surface area contributed by atoms with Crippen LogP contribution < -0.4 is 0 Å². The molecule has 0 radical (unpaired) electrons. The average molecular weight is 304 g/mol. The van der Waals surface area contributed by atoms with E-state index in [1.807, 2.05) is 6.08 Å². The van der Waals surface area contributed by atoms with Crippen molar-refractivity contribution in [1.29, 1.82) is 0 Å². The van der Waals surface area contributed by atoms with Crippen LogP contribution in [-0.4, -0.2) is 0 Å². The molecule has 2 aromatic carbocycles. The molecule has 0 aromatic heterocycles. The Kier molecular flexibility index (Phi) is 5.33. The number of allylic oxidation sites excluding steroid dienone is 1. The molecule has 1 atom stereocenters. The summed E-state index contributed by atoms with van der Waals surface area (Å²) in [4.78, 5) is 0. The smallest absolute Gasteiger partial charge is 0.0118 e. The highest BCUT2D eigenvalue weighted by atomic mass is 14.2. The number of benzene rings is 2. The highest BCUT2D eigenvalue weighted by Crippen LogP contribution is 2.33. The zero-order valence-corrected chi connectivity index (χ0v) is 14.4. The Morgan fingerprint density at radius 1 is 1.00 bits per heavy atom. The lowest BCUT2D eigenvalue weighted by atomic mass is 9.79. The largest absolute Gasteiger partial charge is 0.103 e. The van der Waals surface area contributed by atoms with E-state index in [-0.39, 0.29) is 0 Å². The van der Waals surface area contributed by atoms with Gasteiger partial charge in [0, 0.05) is 0 Å². The van der Waals surface area contributed by atoms with Gasteiger partial charge in [-0.15, -0.1) is 6.58 Å². The number of fused-ring (bicyclic) bond motifs is 1. The van der Waals surface area contributed by atoms with Crippen LogP contribution in [0.2, 0.25) is 0 Å². The second-order valence-corrected chi connectivity index (χ2v) is 6.86. The summed E-state index contributed by atoms with van der Waals surface area (Å²) in [5.74, 6) is 0.688. The SMILES string of the molecule is C=CCCc1ccc(C2CCc3cc(CCC)ccc3C2)cc1. The molecule has 120 valence electrons. The molecule has 0 saturated heterocycles. The van der Waals surface area contributed by atoms with Crippen LogP contribution in [0.3, 0.4) is 0 Å². The van der Waals surface area contributed by atoms with Gasteiger partial charge in [-0.2, -0.15) is 0 Å². The first-order chi connectivity index (χ1) is 11.3. The van der Waals surface area contributed by atoms with E-state index < -0.39 is 0 Å². The second-order valence-electron chi connectivity index (χ2n) is 6.86. The Labute approximate surface area is 141 Å². The summed E-state index contributed by atoms with van der Waals surface area (Å²) < 4.78 is 0. The van der Waals surface area contributed by atoms with Crippen molar-refractivity contribution in [2.45, 2.75) is 57.8 Å². The maximum absolute atomic E-state index is 3.81. The minimum absolute atomic E-state index is 0.688. The molecular weight excluding hydrogens is 276 g/mol. The summed E-state index contributed by atoms with van der Waals surface area (Å²) in [6.07, 6.45) is 10.3. The Hall–Kier alpha value is -1.82. The standard InChI is InChI=1S/C23H28/c1-3-5-7-18-8-11-20(12-9-18)22-15-14-21-16-19(6-4-2)10-13-23(21)17-22/h3,8-13,16,22H,1,4-7,14-15,17H2,2H3. The van der Waals surface area contributed by atoms with Crippen molar-refractivity contribution in [2.75, 3.05) is 0 Å². The Morgan fingerprint density at radius 2 is 1.78 bits per heavy atom. The molecule has 0 heterocycles. The van der Waals surface area contributed by atoms with Crippen LogP contribution in [0, 0.1) is 0 Å². The molecule has 0 aliphatic heterocycles. The number of hydrogen-bond acceptors (Lipinski definition) is 0.